The normalized spacial score (nSPS) is 11.7. The second kappa shape index (κ2) is 6.92. The Morgan fingerprint density at radius 1 is 1.08 bits per heavy atom. The second-order valence-electron chi connectivity index (χ2n) is 5.76. The minimum Gasteiger partial charge on any atom is -0.276 e. The number of nitrogens with zero attached hydrogens (tertiary/aromatic N) is 3. The highest BCUT2D eigenvalue weighted by atomic mass is 32.2. The van der Waals surface area contributed by atoms with E-state index in [2.05, 4.69) is 16.3 Å². The fraction of sp³-hybridized carbons (Fsp3) is 0.222. The first-order valence-corrected chi connectivity index (χ1v) is 8.60. The van der Waals surface area contributed by atoms with Crippen molar-refractivity contribution in [2.45, 2.75) is 30.9 Å². The maximum atomic E-state index is 12.8. The Labute approximate surface area is 147 Å². The van der Waals surface area contributed by atoms with Crippen LogP contribution in [0.2, 0.25) is 0 Å². The number of hydrogen-bond acceptors (Lipinski definition) is 3. The van der Waals surface area contributed by atoms with E-state index in [-0.39, 0.29) is 0 Å². The van der Waals surface area contributed by atoms with Crippen molar-refractivity contribution < 1.29 is 13.2 Å². The minimum atomic E-state index is -4.33. The summed E-state index contributed by atoms with van der Waals surface area (Å²) in [5.41, 5.74) is 3.16. The van der Waals surface area contributed by atoms with Crippen molar-refractivity contribution in [1.29, 1.82) is 0 Å². The largest absolute Gasteiger partial charge is 0.416 e. The Morgan fingerprint density at radius 2 is 1.88 bits per heavy atom. The molecule has 1 aromatic heterocycles. The Hall–Kier alpha value is -2.28. The molecule has 0 radical (unpaired) electrons. The molecule has 3 nitrogen and oxygen atoms in total. The molecule has 0 bridgehead atoms. The Morgan fingerprint density at radius 3 is 2.60 bits per heavy atom. The number of alkyl halides is 3. The van der Waals surface area contributed by atoms with Crippen LogP contribution in [0.15, 0.2) is 53.9 Å². The molecule has 130 valence electrons. The molecular formula is C18H16F3N3S. The highest BCUT2D eigenvalue weighted by Gasteiger charge is 2.30. The van der Waals surface area contributed by atoms with Crippen LogP contribution in [0.1, 0.15) is 22.3 Å². The first-order valence-electron chi connectivity index (χ1n) is 7.61. The van der Waals surface area contributed by atoms with Gasteiger partial charge >= 0.3 is 6.18 Å². The summed E-state index contributed by atoms with van der Waals surface area (Å²) in [5.74, 6) is 0.382. The molecule has 3 aromatic rings. The molecule has 0 fully saturated rings. The quantitative estimate of drug-likeness (QED) is 0.597. The Balaban J connectivity index is 1.81. The average Bonchev–Trinajstić information content (AvgIpc) is 3.01. The third-order valence-corrected chi connectivity index (χ3v) is 4.76. The van der Waals surface area contributed by atoms with Gasteiger partial charge in [0.05, 0.1) is 11.3 Å². The average molecular weight is 363 g/mol. The standard InChI is InChI=1S/C18H16F3N3S/c1-12-6-7-16(13(2)8-12)24-11-22-23-17(24)25-10-14-4-3-5-15(9-14)18(19,20)21/h3-9,11H,10H2,1-2H3. The molecule has 25 heavy (non-hydrogen) atoms. The molecule has 0 spiro atoms. The topological polar surface area (TPSA) is 30.7 Å². The number of aryl methyl sites for hydroxylation is 2. The first kappa shape index (κ1) is 17.5. The molecule has 0 N–H and O–H groups in total. The predicted molar refractivity (Wildman–Crippen MR) is 91.8 cm³/mol. The van der Waals surface area contributed by atoms with E-state index in [1.807, 2.05) is 30.5 Å². The molecule has 2 aromatic carbocycles. The van der Waals surface area contributed by atoms with Crippen LogP contribution >= 0.6 is 11.8 Å². The summed E-state index contributed by atoms with van der Waals surface area (Å²) in [5, 5.41) is 8.68. The van der Waals surface area contributed by atoms with Gasteiger partial charge in [-0.2, -0.15) is 13.2 Å². The van der Waals surface area contributed by atoms with Crippen molar-refractivity contribution in [1.82, 2.24) is 14.8 Å². The third kappa shape index (κ3) is 4.04. The van der Waals surface area contributed by atoms with Crippen LogP contribution in [0.4, 0.5) is 13.2 Å². The predicted octanol–water partition coefficient (Wildman–Crippen LogP) is 5.20. The highest BCUT2D eigenvalue weighted by Crippen LogP contribution is 2.31. The van der Waals surface area contributed by atoms with Gasteiger partial charge in [0, 0.05) is 5.75 Å². The summed E-state index contributed by atoms with van der Waals surface area (Å²) < 4.78 is 40.3. The highest BCUT2D eigenvalue weighted by molar-refractivity contribution is 7.98. The molecule has 0 aliphatic heterocycles. The van der Waals surface area contributed by atoms with E-state index in [1.54, 1.807) is 12.4 Å². The van der Waals surface area contributed by atoms with E-state index in [1.165, 1.54) is 23.9 Å². The summed E-state index contributed by atoms with van der Waals surface area (Å²) in [6, 6.07) is 11.4. The molecule has 0 aliphatic rings. The summed E-state index contributed by atoms with van der Waals surface area (Å²) in [6.45, 7) is 4.02. The van der Waals surface area contributed by atoms with Gasteiger partial charge in [-0.1, -0.05) is 47.7 Å². The SMILES string of the molecule is Cc1ccc(-n2cnnc2SCc2cccc(C(F)(F)F)c2)c(C)c1. The van der Waals surface area contributed by atoms with Crippen molar-refractivity contribution in [3.63, 3.8) is 0 Å². The van der Waals surface area contributed by atoms with Gasteiger partial charge in [-0.3, -0.25) is 4.57 Å². The number of aromatic nitrogens is 3. The molecule has 0 saturated heterocycles. The Bertz CT molecular complexity index is 887. The molecule has 1 heterocycles. The van der Waals surface area contributed by atoms with Crippen molar-refractivity contribution >= 4 is 11.8 Å². The van der Waals surface area contributed by atoms with Crippen molar-refractivity contribution in [3.8, 4) is 5.69 Å². The van der Waals surface area contributed by atoms with Gasteiger partial charge in [0.25, 0.3) is 0 Å². The van der Waals surface area contributed by atoms with Crippen molar-refractivity contribution in [2.75, 3.05) is 0 Å². The van der Waals surface area contributed by atoms with E-state index >= 15 is 0 Å². The summed E-state index contributed by atoms with van der Waals surface area (Å²) in [7, 11) is 0. The number of thioether (sulfide) groups is 1. The van der Waals surface area contributed by atoms with E-state index in [9.17, 15) is 13.2 Å². The summed E-state index contributed by atoms with van der Waals surface area (Å²) in [6.07, 6.45) is -2.72. The van der Waals surface area contributed by atoms with Gasteiger partial charge in [0.2, 0.25) is 0 Å². The van der Waals surface area contributed by atoms with Crippen LogP contribution in [0.5, 0.6) is 0 Å². The Kier molecular flexibility index (Phi) is 4.85. The zero-order valence-corrected chi connectivity index (χ0v) is 14.5. The fourth-order valence-corrected chi connectivity index (χ4v) is 3.41. The maximum Gasteiger partial charge on any atom is 0.416 e. The molecule has 0 amide bonds. The van der Waals surface area contributed by atoms with E-state index in [4.69, 9.17) is 0 Å². The molecule has 0 unspecified atom stereocenters. The van der Waals surface area contributed by atoms with E-state index in [0.29, 0.717) is 16.5 Å². The minimum absolute atomic E-state index is 0.382. The van der Waals surface area contributed by atoms with Crippen LogP contribution in [0, 0.1) is 13.8 Å². The second-order valence-corrected chi connectivity index (χ2v) is 6.70. The number of halogens is 3. The van der Waals surface area contributed by atoms with Crippen LogP contribution in [-0.2, 0) is 11.9 Å². The molecule has 3 rings (SSSR count). The van der Waals surface area contributed by atoms with Gasteiger partial charge < -0.3 is 0 Å². The lowest BCUT2D eigenvalue weighted by molar-refractivity contribution is -0.137. The smallest absolute Gasteiger partial charge is 0.276 e. The fourth-order valence-electron chi connectivity index (χ4n) is 2.55. The van der Waals surface area contributed by atoms with E-state index in [0.717, 1.165) is 22.9 Å². The lowest BCUT2D eigenvalue weighted by Gasteiger charge is -2.11. The molecular weight excluding hydrogens is 347 g/mol. The lowest BCUT2D eigenvalue weighted by atomic mass is 10.1. The van der Waals surface area contributed by atoms with Gasteiger partial charge in [-0.05, 0) is 37.1 Å². The molecule has 0 atom stereocenters. The molecule has 0 aliphatic carbocycles. The van der Waals surface area contributed by atoms with Gasteiger partial charge in [-0.25, -0.2) is 0 Å². The van der Waals surface area contributed by atoms with Crippen LogP contribution in [0.3, 0.4) is 0 Å². The number of hydrogen-bond donors (Lipinski definition) is 0. The summed E-state index contributed by atoms with van der Waals surface area (Å²) >= 11 is 1.36. The van der Waals surface area contributed by atoms with Crippen LogP contribution in [0.25, 0.3) is 5.69 Å². The molecule has 0 saturated carbocycles. The zero-order chi connectivity index (χ0) is 18.0. The zero-order valence-electron chi connectivity index (χ0n) is 13.7. The van der Waals surface area contributed by atoms with Gasteiger partial charge in [0.15, 0.2) is 5.16 Å². The van der Waals surface area contributed by atoms with Crippen molar-refractivity contribution in [3.05, 3.63) is 71.0 Å². The van der Waals surface area contributed by atoms with Crippen LogP contribution in [-0.4, -0.2) is 14.8 Å². The number of benzene rings is 2. The monoisotopic (exact) mass is 363 g/mol. The van der Waals surface area contributed by atoms with E-state index < -0.39 is 11.7 Å². The first-order chi connectivity index (χ1) is 11.8. The summed E-state index contributed by atoms with van der Waals surface area (Å²) in [4.78, 5) is 0. The van der Waals surface area contributed by atoms with Crippen molar-refractivity contribution in [2.24, 2.45) is 0 Å². The van der Waals surface area contributed by atoms with Gasteiger partial charge in [0.1, 0.15) is 6.33 Å². The lowest BCUT2D eigenvalue weighted by Crippen LogP contribution is -2.05. The number of rotatable bonds is 4. The van der Waals surface area contributed by atoms with Gasteiger partial charge in [-0.15, -0.1) is 10.2 Å². The van der Waals surface area contributed by atoms with Crippen LogP contribution < -0.4 is 0 Å². The maximum absolute atomic E-state index is 12.8. The molecule has 7 heteroatoms. The third-order valence-electron chi connectivity index (χ3n) is 3.75.